The molecule has 1 aromatic heterocycles. The highest BCUT2D eigenvalue weighted by Crippen LogP contribution is 2.28. The van der Waals surface area contributed by atoms with E-state index in [-0.39, 0.29) is 16.8 Å². The molecule has 8 heteroatoms. The average molecular weight is 494 g/mol. The number of aryl methyl sites for hydroxylation is 1. The van der Waals surface area contributed by atoms with E-state index in [1.54, 1.807) is 16.4 Å². The van der Waals surface area contributed by atoms with E-state index in [4.69, 9.17) is 0 Å². The molecule has 3 aromatic carbocycles. The summed E-state index contributed by atoms with van der Waals surface area (Å²) in [5.74, 6) is -0.381. The van der Waals surface area contributed by atoms with Crippen molar-refractivity contribution in [3.05, 3.63) is 71.0 Å². The van der Waals surface area contributed by atoms with Crippen LogP contribution in [-0.4, -0.2) is 35.8 Å². The summed E-state index contributed by atoms with van der Waals surface area (Å²) >= 11 is 1.49. The van der Waals surface area contributed by atoms with Gasteiger partial charge in [-0.15, -0.1) is 0 Å². The minimum absolute atomic E-state index is 0.0106. The lowest BCUT2D eigenvalue weighted by Gasteiger charge is -2.32. The van der Waals surface area contributed by atoms with Gasteiger partial charge in [-0.3, -0.25) is 4.79 Å². The summed E-state index contributed by atoms with van der Waals surface area (Å²) in [5, 5.41) is 2.28. The SMILES string of the molecule is CCn1c(=NC(=O)c2ccc(S(=O)(=O)N3CCCCC3C)cc2)sc2ccc3ccccc3c21. The van der Waals surface area contributed by atoms with E-state index >= 15 is 0 Å². The van der Waals surface area contributed by atoms with Gasteiger partial charge in [0.25, 0.3) is 5.91 Å². The number of amides is 1. The minimum atomic E-state index is -3.57. The Hall–Kier alpha value is -2.81. The fraction of sp³-hybridized carbons (Fsp3) is 0.308. The van der Waals surface area contributed by atoms with Crippen molar-refractivity contribution >= 4 is 48.3 Å². The fourth-order valence-corrected chi connectivity index (χ4v) is 7.51. The Labute approximate surface area is 203 Å². The minimum Gasteiger partial charge on any atom is -0.316 e. The van der Waals surface area contributed by atoms with Crippen molar-refractivity contribution in [1.82, 2.24) is 8.87 Å². The molecule has 1 saturated heterocycles. The van der Waals surface area contributed by atoms with E-state index in [2.05, 4.69) is 33.8 Å². The van der Waals surface area contributed by atoms with E-state index in [1.165, 1.54) is 23.5 Å². The Morgan fingerprint density at radius 1 is 1.06 bits per heavy atom. The Morgan fingerprint density at radius 3 is 2.56 bits per heavy atom. The van der Waals surface area contributed by atoms with Crippen LogP contribution in [0.4, 0.5) is 0 Å². The van der Waals surface area contributed by atoms with Gasteiger partial charge in [0, 0.05) is 30.1 Å². The van der Waals surface area contributed by atoms with Gasteiger partial charge in [-0.2, -0.15) is 9.30 Å². The molecule has 0 bridgehead atoms. The number of hydrogen-bond acceptors (Lipinski definition) is 4. The molecule has 5 rings (SSSR count). The first kappa shape index (κ1) is 23.0. The highest BCUT2D eigenvalue weighted by atomic mass is 32.2. The van der Waals surface area contributed by atoms with Gasteiger partial charge in [-0.25, -0.2) is 8.42 Å². The first-order valence-corrected chi connectivity index (χ1v) is 13.9. The molecule has 1 amide bonds. The zero-order chi connectivity index (χ0) is 23.9. The molecule has 4 aromatic rings. The van der Waals surface area contributed by atoms with Crippen LogP contribution in [0.25, 0.3) is 21.0 Å². The van der Waals surface area contributed by atoms with E-state index in [1.807, 2.05) is 26.0 Å². The molecular weight excluding hydrogens is 466 g/mol. The van der Waals surface area contributed by atoms with Gasteiger partial charge < -0.3 is 4.57 Å². The van der Waals surface area contributed by atoms with E-state index < -0.39 is 10.0 Å². The molecule has 0 radical (unpaired) electrons. The first-order valence-electron chi connectivity index (χ1n) is 11.6. The third-order valence-corrected chi connectivity index (χ3v) is 9.60. The Bertz CT molecular complexity index is 1550. The van der Waals surface area contributed by atoms with Crippen LogP contribution in [0.5, 0.6) is 0 Å². The smallest absolute Gasteiger partial charge is 0.279 e. The molecule has 2 heterocycles. The van der Waals surface area contributed by atoms with Crippen molar-refractivity contribution in [3.8, 4) is 0 Å². The molecule has 0 spiro atoms. The second-order valence-electron chi connectivity index (χ2n) is 8.66. The first-order chi connectivity index (χ1) is 16.4. The quantitative estimate of drug-likeness (QED) is 0.393. The van der Waals surface area contributed by atoms with Crippen molar-refractivity contribution in [2.75, 3.05) is 6.54 Å². The summed E-state index contributed by atoms with van der Waals surface area (Å²) in [6.07, 6.45) is 2.80. The summed E-state index contributed by atoms with van der Waals surface area (Å²) in [6, 6.07) is 18.5. The number of carbonyl (C=O) groups excluding carboxylic acids is 1. The number of sulfonamides is 1. The van der Waals surface area contributed by atoms with E-state index in [0.29, 0.717) is 23.5 Å². The molecular formula is C26H27N3O3S2. The number of piperidine rings is 1. The number of thiazole rings is 1. The summed E-state index contributed by atoms with van der Waals surface area (Å²) in [7, 11) is -3.57. The highest BCUT2D eigenvalue weighted by Gasteiger charge is 2.30. The third-order valence-electron chi connectivity index (χ3n) is 6.53. The zero-order valence-corrected chi connectivity index (χ0v) is 20.9. The van der Waals surface area contributed by atoms with Crippen LogP contribution in [0.3, 0.4) is 0 Å². The standard InChI is InChI=1S/C26H27N3O3S2/c1-3-28-24-22-10-5-4-9-19(22)13-16-23(24)33-26(28)27-25(30)20-11-14-21(15-12-20)34(31,32)29-17-7-6-8-18(29)2/h4-5,9-16,18H,3,6-8,17H2,1-2H3. The van der Waals surface area contributed by atoms with Gasteiger partial charge in [-0.1, -0.05) is 48.1 Å². The Balaban J connectivity index is 1.50. The number of fused-ring (bicyclic) bond motifs is 3. The monoisotopic (exact) mass is 493 g/mol. The Morgan fingerprint density at radius 2 is 1.82 bits per heavy atom. The number of nitrogens with zero attached hydrogens (tertiary/aromatic N) is 3. The van der Waals surface area contributed by atoms with Crippen LogP contribution >= 0.6 is 11.3 Å². The normalized spacial score (nSPS) is 18.1. The third kappa shape index (κ3) is 4.00. The van der Waals surface area contributed by atoms with Crippen LogP contribution in [-0.2, 0) is 16.6 Å². The van der Waals surface area contributed by atoms with Gasteiger partial charge >= 0.3 is 0 Å². The lowest BCUT2D eigenvalue weighted by molar-refractivity contribution is 0.0997. The molecule has 0 aliphatic carbocycles. The summed E-state index contributed by atoms with van der Waals surface area (Å²) in [5.41, 5.74) is 1.45. The number of carbonyl (C=O) groups is 1. The molecule has 0 saturated carbocycles. The maximum absolute atomic E-state index is 13.1. The summed E-state index contributed by atoms with van der Waals surface area (Å²) < 4.78 is 30.9. The topological polar surface area (TPSA) is 71.7 Å². The second kappa shape index (κ2) is 9.09. The molecule has 34 heavy (non-hydrogen) atoms. The largest absolute Gasteiger partial charge is 0.316 e. The molecule has 0 N–H and O–H groups in total. The summed E-state index contributed by atoms with van der Waals surface area (Å²) in [4.78, 5) is 18.3. The van der Waals surface area contributed by atoms with Crippen molar-refractivity contribution in [2.45, 2.75) is 50.6 Å². The van der Waals surface area contributed by atoms with Crippen LogP contribution in [0.2, 0.25) is 0 Å². The van der Waals surface area contributed by atoms with Gasteiger partial charge in [0.1, 0.15) is 0 Å². The van der Waals surface area contributed by atoms with Crippen LogP contribution in [0.15, 0.2) is 70.6 Å². The lowest BCUT2D eigenvalue weighted by Crippen LogP contribution is -2.41. The van der Waals surface area contributed by atoms with E-state index in [9.17, 15) is 13.2 Å². The van der Waals surface area contributed by atoms with Crippen LogP contribution < -0.4 is 4.80 Å². The second-order valence-corrected chi connectivity index (χ2v) is 11.6. The highest BCUT2D eigenvalue weighted by molar-refractivity contribution is 7.89. The van der Waals surface area contributed by atoms with Crippen LogP contribution in [0.1, 0.15) is 43.5 Å². The summed E-state index contributed by atoms with van der Waals surface area (Å²) in [6.45, 7) is 5.21. The predicted molar refractivity (Wildman–Crippen MR) is 137 cm³/mol. The molecule has 1 unspecified atom stereocenters. The maximum Gasteiger partial charge on any atom is 0.279 e. The molecule has 1 fully saturated rings. The Kier molecular flexibility index (Phi) is 6.14. The predicted octanol–water partition coefficient (Wildman–Crippen LogP) is 5.18. The van der Waals surface area contributed by atoms with Gasteiger partial charge in [0.2, 0.25) is 10.0 Å². The van der Waals surface area contributed by atoms with Gasteiger partial charge in [0.15, 0.2) is 4.80 Å². The fourth-order valence-electron chi connectivity index (χ4n) is 4.71. The van der Waals surface area contributed by atoms with Gasteiger partial charge in [0.05, 0.1) is 15.1 Å². The van der Waals surface area contributed by atoms with Crippen molar-refractivity contribution in [1.29, 1.82) is 0 Å². The van der Waals surface area contributed by atoms with Crippen molar-refractivity contribution in [3.63, 3.8) is 0 Å². The number of benzene rings is 3. The van der Waals surface area contributed by atoms with Crippen molar-refractivity contribution in [2.24, 2.45) is 4.99 Å². The van der Waals surface area contributed by atoms with Crippen LogP contribution in [0, 0.1) is 0 Å². The van der Waals surface area contributed by atoms with Crippen molar-refractivity contribution < 1.29 is 13.2 Å². The number of hydrogen-bond donors (Lipinski definition) is 0. The number of aromatic nitrogens is 1. The maximum atomic E-state index is 13.1. The molecule has 1 aliphatic heterocycles. The van der Waals surface area contributed by atoms with E-state index in [0.717, 1.165) is 40.3 Å². The van der Waals surface area contributed by atoms with Gasteiger partial charge in [-0.05, 0) is 62.4 Å². The molecule has 176 valence electrons. The molecule has 6 nitrogen and oxygen atoms in total. The zero-order valence-electron chi connectivity index (χ0n) is 19.3. The molecule has 1 aliphatic rings. The lowest BCUT2D eigenvalue weighted by atomic mass is 10.1. The molecule has 1 atom stereocenters. The average Bonchev–Trinajstić information content (AvgIpc) is 3.21. The number of rotatable bonds is 4.